The Labute approximate surface area is 123 Å². The molecule has 1 aromatic carbocycles. The van der Waals surface area contributed by atoms with Crippen LogP contribution in [0.1, 0.15) is 51.7 Å². The lowest BCUT2D eigenvalue weighted by Gasteiger charge is -2.46. The molecule has 1 saturated heterocycles. The monoisotopic (exact) mass is 273 g/mol. The van der Waals surface area contributed by atoms with Gasteiger partial charge in [-0.15, -0.1) is 0 Å². The van der Waals surface area contributed by atoms with Gasteiger partial charge in [0.15, 0.2) is 0 Å². The van der Waals surface area contributed by atoms with Gasteiger partial charge in [0.25, 0.3) is 0 Å². The van der Waals surface area contributed by atoms with Crippen LogP contribution in [0.3, 0.4) is 0 Å². The number of nitrogens with one attached hydrogen (secondary N) is 1. The molecule has 0 atom stereocenters. The van der Waals surface area contributed by atoms with Crippen LogP contribution in [-0.2, 0) is 11.3 Å². The van der Waals surface area contributed by atoms with Gasteiger partial charge in [-0.05, 0) is 51.7 Å². The quantitative estimate of drug-likeness (QED) is 0.889. The highest BCUT2D eigenvalue weighted by molar-refractivity contribution is 5.47. The van der Waals surface area contributed by atoms with Crippen LogP contribution in [0.15, 0.2) is 30.8 Å². The van der Waals surface area contributed by atoms with Gasteiger partial charge in [0.2, 0.25) is 0 Å². The second kappa shape index (κ2) is 5.71. The lowest BCUT2D eigenvalue weighted by atomic mass is 9.81. The number of rotatable bonds is 4. The molecule has 2 heteroatoms. The SMILES string of the molecule is C=Cc1ccc(COC2CC(C)(C)NC(C)(C)C2)cc1. The Morgan fingerprint density at radius 3 is 2.20 bits per heavy atom. The summed E-state index contributed by atoms with van der Waals surface area (Å²) in [5.41, 5.74) is 2.65. The van der Waals surface area contributed by atoms with E-state index in [0.29, 0.717) is 12.7 Å². The van der Waals surface area contributed by atoms with Crippen molar-refractivity contribution in [3.8, 4) is 0 Å². The number of hydrogen-bond acceptors (Lipinski definition) is 2. The lowest BCUT2D eigenvalue weighted by Crippen LogP contribution is -2.59. The third kappa shape index (κ3) is 4.19. The summed E-state index contributed by atoms with van der Waals surface area (Å²) >= 11 is 0. The highest BCUT2D eigenvalue weighted by Gasteiger charge is 2.37. The summed E-state index contributed by atoms with van der Waals surface area (Å²) in [6, 6.07) is 8.41. The smallest absolute Gasteiger partial charge is 0.0720 e. The maximum absolute atomic E-state index is 6.15. The second-order valence-corrected chi connectivity index (χ2v) is 7.18. The van der Waals surface area contributed by atoms with E-state index in [2.05, 4.69) is 63.9 Å². The molecule has 20 heavy (non-hydrogen) atoms. The van der Waals surface area contributed by atoms with Crippen molar-refractivity contribution in [3.05, 3.63) is 42.0 Å². The zero-order valence-corrected chi connectivity index (χ0v) is 13.2. The average molecular weight is 273 g/mol. The van der Waals surface area contributed by atoms with Gasteiger partial charge in [0.1, 0.15) is 0 Å². The average Bonchev–Trinajstić information content (AvgIpc) is 2.33. The Morgan fingerprint density at radius 1 is 1.15 bits per heavy atom. The molecule has 110 valence electrons. The van der Waals surface area contributed by atoms with Crippen molar-refractivity contribution < 1.29 is 4.74 Å². The molecule has 1 aliphatic rings. The molecule has 1 fully saturated rings. The Morgan fingerprint density at radius 2 is 1.70 bits per heavy atom. The summed E-state index contributed by atoms with van der Waals surface area (Å²) in [7, 11) is 0. The Hall–Kier alpha value is -1.12. The minimum atomic E-state index is 0.138. The van der Waals surface area contributed by atoms with Crippen molar-refractivity contribution in [2.75, 3.05) is 0 Å². The first kappa shape index (κ1) is 15.3. The number of benzene rings is 1. The first-order chi connectivity index (χ1) is 9.30. The molecule has 0 spiro atoms. The molecular formula is C18H27NO. The van der Waals surface area contributed by atoms with Gasteiger partial charge in [-0.2, -0.15) is 0 Å². The van der Waals surface area contributed by atoms with E-state index < -0.39 is 0 Å². The van der Waals surface area contributed by atoms with Crippen LogP contribution in [0, 0.1) is 0 Å². The van der Waals surface area contributed by atoms with E-state index in [-0.39, 0.29) is 11.1 Å². The van der Waals surface area contributed by atoms with E-state index in [1.54, 1.807) is 0 Å². The third-order valence-electron chi connectivity index (χ3n) is 3.85. The van der Waals surface area contributed by atoms with Crippen molar-refractivity contribution in [1.82, 2.24) is 5.32 Å². The van der Waals surface area contributed by atoms with Crippen molar-refractivity contribution in [1.29, 1.82) is 0 Å². The van der Waals surface area contributed by atoms with E-state index in [9.17, 15) is 0 Å². The maximum Gasteiger partial charge on any atom is 0.0720 e. The summed E-state index contributed by atoms with van der Waals surface area (Å²) in [6.07, 6.45) is 4.30. The topological polar surface area (TPSA) is 21.3 Å². The van der Waals surface area contributed by atoms with E-state index in [1.165, 1.54) is 5.56 Å². The van der Waals surface area contributed by atoms with Gasteiger partial charge in [-0.1, -0.05) is 36.9 Å². The number of ether oxygens (including phenoxy) is 1. The largest absolute Gasteiger partial charge is 0.373 e. The van der Waals surface area contributed by atoms with Crippen LogP contribution in [0.25, 0.3) is 6.08 Å². The fraction of sp³-hybridized carbons (Fsp3) is 0.556. The molecule has 0 amide bonds. The fourth-order valence-electron chi connectivity index (χ4n) is 3.31. The predicted molar refractivity (Wildman–Crippen MR) is 85.6 cm³/mol. The molecule has 1 aromatic rings. The van der Waals surface area contributed by atoms with Crippen molar-refractivity contribution in [2.24, 2.45) is 0 Å². The summed E-state index contributed by atoms with van der Waals surface area (Å²) in [4.78, 5) is 0. The summed E-state index contributed by atoms with van der Waals surface area (Å²) in [5, 5.41) is 3.68. The Bertz CT molecular complexity index is 443. The summed E-state index contributed by atoms with van der Waals surface area (Å²) in [6.45, 7) is 13.5. The van der Waals surface area contributed by atoms with Crippen LogP contribution in [-0.4, -0.2) is 17.2 Å². The van der Waals surface area contributed by atoms with Crippen molar-refractivity contribution >= 4 is 6.08 Å². The number of hydrogen-bond donors (Lipinski definition) is 1. The zero-order valence-electron chi connectivity index (χ0n) is 13.2. The van der Waals surface area contributed by atoms with Crippen LogP contribution in [0.4, 0.5) is 0 Å². The molecule has 0 aliphatic carbocycles. The first-order valence-electron chi connectivity index (χ1n) is 7.42. The fourth-order valence-corrected chi connectivity index (χ4v) is 3.31. The van der Waals surface area contributed by atoms with Gasteiger partial charge >= 0.3 is 0 Å². The van der Waals surface area contributed by atoms with Crippen LogP contribution < -0.4 is 5.32 Å². The molecule has 2 nitrogen and oxygen atoms in total. The maximum atomic E-state index is 6.15. The molecule has 0 unspecified atom stereocenters. The van der Waals surface area contributed by atoms with E-state index in [0.717, 1.165) is 18.4 Å². The molecule has 0 bridgehead atoms. The van der Waals surface area contributed by atoms with E-state index in [1.807, 2.05) is 6.08 Å². The Balaban J connectivity index is 1.94. The van der Waals surface area contributed by atoms with Gasteiger partial charge in [0, 0.05) is 11.1 Å². The predicted octanol–water partition coefficient (Wildman–Crippen LogP) is 4.16. The molecule has 2 rings (SSSR count). The van der Waals surface area contributed by atoms with E-state index >= 15 is 0 Å². The lowest BCUT2D eigenvalue weighted by molar-refractivity contribution is -0.0303. The third-order valence-corrected chi connectivity index (χ3v) is 3.85. The summed E-state index contributed by atoms with van der Waals surface area (Å²) < 4.78 is 6.15. The summed E-state index contributed by atoms with van der Waals surface area (Å²) in [5.74, 6) is 0. The Kier molecular flexibility index (Phi) is 4.36. The van der Waals surface area contributed by atoms with Gasteiger partial charge < -0.3 is 10.1 Å². The van der Waals surface area contributed by atoms with Crippen LogP contribution in [0.2, 0.25) is 0 Å². The van der Waals surface area contributed by atoms with Crippen LogP contribution in [0.5, 0.6) is 0 Å². The second-order valence-electron chi connectivity index (χ2n) is 7.18. The molecule has 0 radical (unpaired) electrons. The highest BCUT2D eigenvalue weighted by atomic mass is 16.5. The molecule has 0 saturated carbocycles. The molecule has 1 N–H and O–H groups in total. The zero-order chi connectivity index (χ0) is 14.8. The first-order valence-corrected chi connectivity index (χ1v) is 7.42. The standard InChI is InChI=1S/C18H27NO/c1-6-14-7-9-15(10-8-14)13-20-16-11-17(2,3)19-18(4,5)12-16/h6-10,16,19H,1,11-13H2,2-5H3. The van der Waals surface area contributed by atoms with E-state index in [4.69, 9.17) is 4.74 Å². The van der Waals surface area contributed by atoms with Crippen molar-refractivity contribution in [2.45, 2.75) is 64.3 Å². The van der Waals surface area contributed by atoms with Gasteiger partial charge in [0.05, 0.1) is 12.7 Å². The molecular weight excluding hydrogens is 246 g/mol. The molecule has 1 heterocycles. The molecule has 0 aromatic heterocycles. The highest BCUT2D eigenvalue weighted by Crippen LogP contribution is 2.30. The molecule has 1 aliphatic heterocycles. The van der Waals surface area contributed by atoms with Crippen molar-refractivity contribution in [3.63, 3.8) is 0 Å². The number of piperidine rings is 1. The minimum Gasteiger partial charge on any atom is -0.373 e. The minimum absolute atomic E-state index is 0.138. The van der Waals surface area contributed by atoms with Gasteiger partial charge in [-0.3, -0.25) is 0 Å². The van der Waals surface area contributed by atoms with Crippen LogP contribution >= 0.6 is 0 Å². The normalized spacial score (nSPS) is 21.6. The van der Waals surface area contributed by atoms with Gasteiger partial charge in [-0.25, -0.2) is 0 Å².